The van der Waals surface area contributed by atoms with Crippen molar-refractivity contribution >= 4 is 21.9 Å². The summed E-state index contributed by atoms with van der Waals surface area (Å²) < 4.78 is 0. The van der Waals surface area contributed by atoms with E-state index in [0.29, 0.717) is 0 Å². The van der Waals surface area contributed by atoms with Crippen LogP contribution < -0.4 is 56.5 Å². The number of halogens is 1. The Morgan fingerprint density at radius 1 is 1.33 bits per heavy atom. The van der Waals surface area contributed by atoms with Gasteiger partial charge < -0.3 is 9.90 Å². The van der Waals surface area contributed by atoms with Gasteiger partial charge in [-0.25, -0.2) is 0 Å². The van der Waals surface area contributed by atoms with Gasteiger partial charge in [0.05, 0.1) is 5.97 Å². The number of carboxylic acid groups (broad SMARTS) is 1. The molecule has 1 rings (SSSR count). The molecule has 58 valence electrons. The molecule has 0 N–H and O–H groups in total. The number of carbonyl (C=O) groups excluding carboxylic acids is 1. The van der Waals surface area contributed by atoms with Crippen LogP contribution in [-0.4, -0.2) is 5.97 Å². The summed E-state index contributed by atoms with van der Waals surface area (Å²) in [6.07, 6.45) is 0. The fourth-order valence-electron chi connectivity index (χ4n) is 0.730. The van der Waals surface area contributed by atoms with Gasteiger partial charge in [0.25, 0.3) is 0 Å². The zero-order chi connectivity index (χ0) is 8.27. The largest absolute Gasteiger partial charge is 1.00 e. The maximum Gasteiger partial charge on any atom is 1.00 e. The number of aromatic carboxylic acids is 1. The predicted molar refractivity (Wildman–Crippen MR) is 43.4 cm³/mol. The third-order valence-electron chi connectivity index (χ3n) is 1.34. The first kappa shape index (κ1) is 12.8. The molecule has 0 amide bonds. The van der Waals surface area contributed by atoms with Crippen molar-refractivity contribution in [3.8, 4) is 0 Å². The van der Waals surface area contributed by atoms with Crippen molar-refractivity contribution in [2.24, 2.45) is 0 Å². The molecule has 1 aromatic rings. The van der Waals surface area contributed by atoms with Gasteiger partial charge in [0.1, 0.15) is 0 Å². The molecule has 0 atom stereocenters. The molecule has 4 heteroatoms. The van der Waals surface area contributed by atoms with Gasteiger partial charge in [-0.05, 0) is 11.1 Å². The van der Waals surface area contributed by atoms with E-state index in [1.807, 2.05) is 0 Å². The summed E-state index contributed by atoms with van der Waals surface area (Å²) in [5.41, 5.74) is 1.27. The van der Waals surface area contributed by atoms with Crippen LogP contribution in [0.1, 0.15) is 15.9 Å². The summed E-state index contributed by atoms with van der Waals surface area (Å²) in [4.78, 5) is 10.3. The zero-order valence-corrected chi connectivity index (χ0v) is 11.4. The van der Waals surface area contributed by atoms with E-state index in [-0.39, 0.29) is 56.9 Å². The zero-order valence-electron chi connectivity index (χ0n) is 6.71. The van der Waals surface area contributed by atoms with Crippen molar-refractivity contribution in [1.82, 2.24) is 0 Å². The Balaban J connectivity index is 0.00000121. The first-order valence-corrected chi connectivity index (χ1v) is 4.22. The van der Waals surface area contributed by atoms with Crippen molar-refractivity contribution in [3.63, 3.8) is 0 Å². The average molecular weight is 253 g/mol. The molecule has 2 nitrogen and oxygen atoms in total. The molecule has 0 fully saturated rings. The normalized spacial score (nSPS) is 8.75. The van der Waals surface area contributed by atoms with E-state index in [0.717, 1.165) is 10.9 Å². The summed E-state index contributed by atoms with van der Waals surface area (Å²) in [5.74, 6) is -1.13. The van der Waals surface area contributed by atoms with E-state index in [9.17, 15) is 9.90 Å². The van der Waals surface area contributed by atoms with E-state index in [1.165, 1.54) is 12.1 Å². The van der Waals surface area contributed by atoms with Crippen molar-refractivity contribution in [2.75, 3.05) is 0 Å². The fraction of sp³-hybridized carbons (Fsp3) is 0.125. The number of rotatable bonds is 2. The molecule has 0 aromatic heterocycles. The first-order valence-electron chi connectivity index (χ1n) is 3.10. The second-order valence-electron chi connectivity index (χ2n) is 2.12. The van der Waals surface area contributed by atoms with Gasteiger partial charge in [0.2, 0.25) is 0 Å². The molecule has 0 bridgehead atoms. The molecule has 0 spiro atoms. The molecule has 0 aliphatic carbocycles. The van der Waals surface area contributed by atoms with Gasteiger partial charge in [-0.1, -0.05) is 40.2 Å². The van der Waals surface area contributed by atoms with Gasteiger partial charge in [0, 0.05) is 5.33 Å². The summed E-state index contributed by atoms with van der Waals surface area (Å²) >= 11 is 3.26. The third-order valence-corrected chi connectivity index (χ3v) is 1.99. The minimum Gasteiger partial charge on any atom is -0.545 e. The number of carboxylic acids is 1. The standard InChI is InChI=1S/C8H7BrO2.K/c9-5-6-1-3-7(4-2-6)8(10)11;/h1-4H,5H2,(H,10,11);/q;+1/p-1. The first-order chi connectivity index (χ1) is 5.24. The van der Waals surface area contributed by atoms with Crippen LogP contribution in [0.4, 0.5) is 0 Å². The SMILES string of the molecule is O=C([O-])c1ccc(CBr)cc1.[K+]. The molecule has 1 aromatic carbocycles. The fourth-order valence-corrected chi connectivity index (χ4v) is 1.10. The Hall–Kier alpha value is 0.806. The molecule has 0 saturated carbocycles. The number of carbonyl (C=O) groups is 1. The minimum absolute atomic E-state index is 0. The monoisotopic (exact) mass is 252 g/mol. The molecule has 0 unspecified atom stereocenters. The predicted octanol–water partition coefficient (Wildman–Crippen LogP) is -2.05. The number of alkyl halides is 1. The van der Waals surface area contributed by atoms with Crippen molar-refractivity contribution in [1.29, 1.82) is 0 Å². The van der Waals surface area contributed by atoms with Crippen molar-refractivity contribution in [2.45, 2.75) is 5.33 Å². The molecule has 0 aliphatic heterocycles. The Morgan fingerprint density at radius 3 is 2.17 bits per heavy atom. The maximum atomic E-state index is 10.3. The van der Waals surface area contributed by atoms with E-state index < -0.39 is 5.97 Å². The van der Waals surface area contributed by atoms with Gasteiger partial charge in [0.15, 0.2) is 0 Å². The smallest absolute Gasteiger partial charge is 0.545 e. The quantitative estimate of drug-likeness (QED) is 0.449. The van der Waals surface area contributed by atoms with Crippen molar-refractivity contribution < 1.29 is 61.3 Å². The van der Waals surface area contributed by atoms with Crippen LogP contribution in [0.5, 0.6) is 0 Å². The minimum atomic E-state index is -1.13. The van der Waals surface area contributed by atoms with Crippen LogP contribution in [0.25, 0.3) is 0 Å². The number of hydrogen-bond donors (Lipinski definition) is 0. The second-order valence-corrected chi connectivity index (χ2v) is 2.68. The van der Waals surface area contributed by atoms with Crippen LogP contribution in [0.2, 0.25) is 0 Å². The Kier molecular flexibility index (Phi) is 6.71. The van der Waals surface area contributed by atoms with Gasteiger partial charge in [-0.3, -0.25) is 0 Å². The average Bonchev–Trinajstić information content (AvgIpc) is 2.05. The van der Waals surface area contributed by atoms with E-state index >= 15 is 0 Å². The molecule has 0 aliphatic rings. The summed E-state index contributed by atoms with van der Waals surface area (Å²) in [7, 11) is 0. The molecule has 0 heterocycles. The summed E-state index contributed by atoms with van der Waals surface area (Å²) in [5, 5.41) is 11.0. The second kappa shape index (κ2) is 6.29. The molecule has 12 heavy (non-hydrogen) atoms. The van der Waals surface area contributed by atoms with E-state index in [2.05, 4.69) is 15.9 Å². The van der Waals surface area contributed by atoms with E-state index in [1.54, 1.807) is 12.1 Å². The summed E-state index contributed by atoms with van der Waals surface area (Å²) in [6, 6.07) is 6.57. The van der Waals surface area contributed by atoms with Crippen molar-refractivity contribution in [3.05, 3.63) is 35.4 Å². The van der Waals surface area contributed by atoms with Crippen LogP contribution in [-0.2, 0) is 5.33 Å². The molecule has 0 radical (unpaired) electrons. The van der Waals surface area contributed by atoms with E-state index in [4.69, 9.17) is 0 Å². The Bertz CT molecular complexity index is 258. The van der Waals surface area contributed by atoms with Gasteiger partial charge >= 0.3 is 51.4 Å². The Morgan fingerprint density at radius 2 is 1.83 bits per heavy atom. The van der Waals surface area contributed by atoms with Gasteiger partial charge in [-0.2, -0.15) is 0 Å². The number of benzene rings is 1. The topological polar surface area (TPSA) is 40.1 Å². The van der Waals surface area contributed by atoms with Crippen LogP contribution in [0.3, 0.4) is 0 Å². The molecular formula is C8H6BrKO2. The Labute approximate surface area is 122 Å². The third kappa shape index (κ3) is 3.68. The van der Waals surface area contributed by atoms with Crippen LogP contribution >= 0.6 is 15.9 Å². The van der Waals surface area contributed by atoms with Crippen LogP contribution in [0.15, 0.2) is 24.3 Å². The number of hydrogen-bond acceptors (Lipinski definition) is 2. The molecule has 0 saturated heterocycles. The molecular weight excluding hydrogens is 247 g/mol. The summed E-state index contributed by atoms with van der Waals surface area (Å²) in [6.45, 7) is 0. The van der Waals surface area contributed by atoms with Crippen LogP contribution in [0, 0.1) is 0 Å². The van der Waals surface area contributed by atoms with Gasteiger partial charge in [-0.15, -0.1) is 0 Å². The maximum absolute atomic E-state index is 10.3.